The molecule has 1 aliphatic heterocycles. The van der Waals surface area contributed by atoms with Crippen molar-refractivity contribution in [1.29, 1.82) is 0 Å². The molecule has 0 spiro atoms. The fraction of sp³-hybridized carbons (Fsp3) is 0.833. The Hall–Kier alpha value is -0.730. The number of amidine groups is 1. The smallest absolute Gasteiger partial charge is 0.281 e. The van der Waals surface area contributed by atoms with Crippen LogP contribution in [0.25, 0.3) is 0 Å². The summed E-state index contributed by atoms with van der Waals surface area (Å²) in [6, 6.07) is 0.328. The summed E-state index contributed by atoms with van der Waals surface area (Å²) >= 11 is 0. The number of rotatable bonds is 0. The van der Waals surface area contributed by atoms with Crippen LogP contribution in [0.4, 0.5) is 0 Å². The largest absolute Gasteiger partial charge is 0.465 e. The Labute approximate surface area is 54.9 Å². The van der Waals surface area contributed by atoms with Gasteiger partial charge >= 0.3 is 0 Å². The van der Waals surface area contributed by atoms with Crippen molar-refractivity contribution in [1.82, 2.24) is 0 Å². The van der Waals surface area contributed by atoms with Crippen molar-refractivity contribution in [2.75, 3.05) is 13.2 Å². The molecule has 0 amide bonds. The zero-order chi connectivity index (χ0) is 6.91. The Morgan fingerprint density at radius 1 is 1.67 bits per heavy atom. The average Bonchev–Trinajstić information content (AvgIpc) is 1.78. The number of ether oxygens (including phenoxy) is 1. The standard InChI is InChI=1S/C6H12N2O/c1-6(2)3-8-5(7)9-4-6/h3-4H2,1-2H3,(H2,7,8). The molecule has 0 radical (unpaired) electrons. The van der Waals surface area contributed by atoms with Crippen molar-refractivity contribution in [3.8, 4) is 0 Å². The second-order valence-electron chi connectivity index (χ2n) is 3.11. The second-order valence-corrected chi connectivity index (χ2v) is 3.11. The monoisotopic (exact) mass is 128 g/mol. The first-order valence-corrected chi connectivity index (χ1v) is 3.03. The number of hydrogen-bond acceptors (Lipinski definition) is 3. The van der Waals surface area contributed by atoms with Crippen LogP contribution >= 0.6 is 0 Å². The number of aliphatic imine (C=N–C) groups is 1. The third kappa shape index (κ3) is 1.59. The van der Waals surface area contributed by atoms with E-state index in [4.69, 9.17) is 10.5 Å². The zero-order valence-electron chi connectivity index (χ0n) is 5.85. The Morgan fingerprint density at radius 3 is 2.67 bits per heavy atom. The lowest BCUT2D eigenvalue weighted by molar-refractivity contribution is 0.154. The molecule has 0 atom stereocenters. The molecule has 0 saturated heterocycles. The Kier molecular flexibility index (Phi) is 1.35. The van der Waals surface area contributed by atoms with Crippen LogP contribution < -0.4 is 5.73 Å². The highest BCUT2D eigenvalue weighted by atomic mass is 16.5. The van der Waals surface area contributed by atoms with Crippen LogP contribution in [0.5, 0.6) is 0 Å². The summed E-state index contributed by atoms with van der Waals surface area (Å²) in [5.74, 6) is 0. The van der Waals surface area contributed by atoms with E-state index in [1.165, 1.54) is 0 Å². The van der Waals surface area contributed by atoms with Crippen LogP contribution in [-0.2, 0) is 4.74 Å². The van der Waals surface area contributed by atoms with Crippen molar-refractivity contribution >= 4 is 6.02 Å². The summed E-state index contributed by atoms with van der Waals surface area (Å²) in [5, 5.41) is 0. The molecule has 0 bridgehead atoms. The predicted molar refractivity (Wildman–Crippen MR) is 36.2 cm³/mol. The molecular weight excluding hydrogens is 116 g/mol. The van der Waals surface area contributed by atoms with Gasteiger partial charge in [0.05, 0.1) is 13.2 Å². The molecule has 1 heterocycles. The van der Waals surface area contributed by atoms with Gasteiger partial charge in [-0.15, -0.1) is 0 Å². The van der Waals surface area contributed by atoms with Gasteiger partial charge in [0.2, 0.25) is 0 Å². The normalized spacial score (nSPS) is 24.4. The van der Waals surface area contributed by atoms with Gasteiger partial charge < -0.3 is 10.5 Å². The molecule has 3 nitrogen and oxygen atoms in total. The highest BCUT2D eigenvalue weighted by Gasteiger charge is 2.22. The van der Waals surface area contributed by atoms with Gasteiger partial charge in [-0.25, -0.2) is 4.99 Å². The predicted octanol–water partition coefficient (Wildman–Crippen LogP) is 0.358. The summed E-state index contributed by atoms with van der Waals surface area (Å²) < 4.78 is 5.02. The van der Waals surface area contributed by atoms with Gasteiger partial charge in [-0.1, -0.05) is 13.8 Å². The van der Waals surface area contributed by atoms with E-state index in [1.807, 2.05) is 0 Å². The van der Waals surface area contributed by atoms with Crippen LogP contribution in [0.3, 0.4) is 0 Å². The van der Waals surface area contributed by atoms with Crippen molar-refractivity contribution in [2.45, 2.75) is 13.8 Å². The number of nitrogens with two attached hydrogens (primary N) is 1. The molecule has 0 unspecified atom stereocenters. The maximum atomic E-state index is 5.28. The first-order chi connectivity index (χ1) is 4.10. The van der Waals surface area contributed by atoms with Gasteiger partial charge in [0, 0.05) is 5.41 Å². The Bertz CT molecular complexity index is 140. The highest BCUT2D eigenvalue weighted by molar-refractivity contribution is 5.71. The van der Waals surface area contributed by atoms with E-state index in [2.05, 4.69) is 18.8 Å². The van der Waals surface area contributed by atoms with Gasteiger partial charge in [0.25, 0.3) is 6.02 Å². The zero-order valence-corrected chi connectivity index (χ0v) is 5.85. The van der Waals surface area contributed by atoms with Gasteiger partial charge in [0.15, 0.2) is 0 Å². The SMILES string of the molecule is CC1(C)CN=C(N)OC1. The molecule has 1 rings (SSSR count). The number of hydrogen-bond donors (Lipinski definition) is 1. The van der Waals surface area contributed by atoms with Gasteiger partial charge in [-0.3, -0.25) is 0 Å². The minimum absolute atomic E-state index is 0.170. The summed E-state index contributed by atoms with van der Waals surface area (Å²) in [6.45, 7) is 5.66. The van der Waals surface area contributed by atoms with Crippen molar-refractivity contribution in [2.24, 2.45) is 16.1 Å². The van der Waals surface area contributed by atoms with E-state index in [-0.39, 0.29) is 5.41 Å². The van der Waals surface area contributed by atoms with Crippen LogP contribution in [0.1, 0.15) is 13.8 Å². The van der Waals surface area contributed by atoms with E-state index in [9.17, 15) is 0 Å². The van der Waals surface area contributed by atoms with E-state index in [0.717, 1.165) is 6.54 Å². The Balaban J connectivity index is 2.56. The molecule has 3 heteroatoms. The van der Waals surface area contributed by atoms with E-state index < -0.39 is 0 Å². The summed E-state index contributed by atoms with van der Waals surface area (Å²) in [6.07, 6.45) is 0. The summed E-state index contributed by atoms with van der Waals surface area (Å²) in [7, 11) is 0. The molecule has 0 aromatic carbocycles. The lowest BCUT2D eigenvalue weighted by Gasteiger charge is -2.26. The van der Waals surface area contributed by atoms with Gasteiger partial charge in [-0.2, -0.15) is 0 Å². The number of nitrogens with zero attached hydrogens (tertiary/aromatic N) is 1. The van der Waals surface area contributed by atoms with Crippen molar-refractivity contribution in [3.63, 3.8) is 0 Å². The van der Waals surface area contributed by atoms with Crippen LogP contribution in [0, 0.1) is 5.41 Å². The molecule has 0 saturated carbocycles. The van der Waals surface area contributed by atoms with E-state index in [1.54, 1.807) is 0 Å². The molecular formula is C6H12N2O. The Morgan fingerprint density at radius 2 is 2.33 bits per heavy atom. The minimum atomic E-state index is 0.170. The summed E-state index contributed by atoms with van der Waals surface area (Å²) in [5.41, 5.74) is 5.45. The molecule has 0 aliphatic carbocycles. The first kappa shape index (κ1) is 6.39. The van der Waals surface area contributed by atoms with Crippen LogP contribution in [0.2, 0.25) is 0 Å². The van der Waals surface area contributed by atoms with Gasteiger partial charge in [-0.05, 0) is 0 Å². The van der Waals surface area contributed by atoms with Crippen LogP contribution in [0.15, 0.2) is 4.99 Å². The molecule has 0 aromatic heterocycles. The average molecular weight is 128 g/mol. The third-order valence-corrected chi connectivity index (χ3v) is 1.27. The van der Waals surface area contributed by atoms with Crippen LogP contribution in [-0.4, -0.2) is 19.2 Å². The van der Waals surface area contributed by atoms with E-state index >= 15 is 0 Å². The maximum absolute atomic E-state index is 5.28. The quantitative estimate of drug-likeness (QED) is 0.512. The van der Waals surface area contributed by atoms with Crippen molar-refractivity contribution < 1.29 is 4.74 Å². The molecule has 0 fully saturated rings. The first-order valence-electron chi connectivity index (χ1n) is 3.03. The topological polar surface area (TPSA) is 47.6 Å². The van der Waals surface area contributed by atoms with Gasteiger partial charge in [0.1, 0.15) is 0 Å². The lowest BCUT2D eigenvalue weighted by Crippen LogP contribution is -2.33. The molecule has 52 valence electrons. The maximum Gasteiger partial charge on any atom is 0.281 e. The lowest BCUT2D eigenvalue weighted by atomic mass is 9.95. The third-order valence-electron chi connectivity index (χ3n) is 1.27. The highest BCUT2D eigenvalue weighted by Crippen LogP contribution is 2.18. The fourth-order valence-electron chi connectivity index (χ4n) is 0.653. The molecule has 2 N–H and O–H groups in total. The molecule has 1 aliphatic rings. The van der Waals surface area contributed by atoms with Crippen molar-refractivity contribution in [3.05, 3.63) is 0 Å². The minimum Gasteiger partial charge on any atom is -0.465 e. The molecule has 9 heavy (non-hydrogen) atoms. The van der Waals surface area contributed by atoms with E-state index in [0.29, 0.717) is 12.6 Å². The fourth-order valence-corrected chi connectivity index (χ4v) is 0.653. The molecule has 0 aromatic rings. The second kappa shape index (κ2) is 1.90. The summed E-state index contributed by atoms with van der Waals surface area (Å²) in [4.78, 5) is 3.95.